The van der Waals surface area contributed by atoms with Crippen LogP contribution in [0, 0.1) is 6.92 Å². The predicted molar refractivity (Wildman–Crippen MR) is 117 cm³/mol. The van der Waals surface area contributed by atoms with E-state index in [2.05, 4.69) is 21.9 Å². The van der Waals surface area contributed by atoms with Crippen molar-refractivity contribution < 1.29 is 18.3 Å². The van der Waals surface area contributed by atoms with Gasteiger partial charge in [0.15, 0.2) is 17.4 Å². The lowest BCUT2D eigenvalue weighted by Crippen LogP contribution is -2.30. The number of amides is 1. The van der Waals surface area contributed by atoms with Crippen LogP contribution in [-0.2, 0) is 11.3 Å². The Bertz CT molecular complexity index is 1100. The summed E-state index contributed by atoms with van der Waals surface area (Å²) in [5, 5.41) is 4.53. The molecule has 4 heterocycles. The molecule has 1 amide bonds. The number of nitrogens with one attached hydrogen (secondary N) is 1. The number of pyridine rings is 1. The van der Waals surface area contributed by atoms with Gasteiger partial charge in [0.2, 0.25) is 11.8 Å². The van der Waals surface area contributed by atoms with Crippen molar-refractivity contribution in [2.75, 3.05) is 25.1 Å². The summed E-state index contributed by atoms with van der Waals surface area (Å²) in [6.45, 7) is 5.54. The number of anilines is 2. The van der Waals surface area contributed by atoms with Crippen LogP contribution < -0.4 is 10.1 Å². The van der Waals surface area contributed by atoms with E-state index in [1.807, 2.05) is 29.8 Å². The number of carbonyl (C=O) groups is 1. The second kappa shape index (κ2) is 9.01. The van der Waals surface area contributed by atoms with Crippen molar-refractivity contribution in [2.45, 2.75) is 32.2 Å². The average molecular weight is 448 g/mol. The van der Waals surface area contributed by atoms with Crippen LogP contribution in [0.2, 0.25) is 0 Å². The molecule has 1 saturated heterocycles. The van der Waals surface area contributed by atoms with Crippen molar-refractivity contribution in [3.05, 3.63) is 42.1 Å². The average Bonchev–Trinajstić information content (AvgIpc) is 3.45. The third-order valence-corrected chi connectivity index (χ3v) is 5.90. The van der Waals surface area contributed by atoms with Gasteiger partial charge in [0.05, 0.1) is 30.7 Å². The van der Waals surface area contributed by atoms with Gasteiger partial charge in [0.25, 0.3) is 0 Å². The molecular weight excluding hydrogens is 424 g/mol. The first-order chi connectivity index (χ1) is 15.0. The molecule has 1 N–H and O–H groups in total. The van der Waals surface area contributed by atoms with Gasteiger partial charge in [-0.15, -0.1) is 11.3 Å². The van der Waals surface area contributed by atoms with E-state index in [0.717, 1.165) is 16.5 Å². The number of fused-ring (bicyclic) bond motifs is 1. The number of likely N-dealkylation sites (tertiary alicyclic amines) is 1. The van der Waals surface area contributed by atoms with E-state index in [4.69, 9.17) is 4.74 Å². The fraction of sp³-hybridized carbons (Fsp3) is 0.381. The molecule has 3 aromatic rings. The van der Waals surface area contributed by atoms with E-state index in [0.29, 0.717) is 29.3 Å². The topological polar surface area (TPSA) is 72.3 Å². The van der Waals surface area contributed by atoms with Crippen LogP contribution in [0.4, 0.5) is 19.7 Å². The number of ether oxygens (including phenoxy) is 1. The standard InChI is InChI=1S/C21H23F2N5O2S/c1-3-19(29)28-11-15(23)17(12-28)30-20-14-5-8-27(7-4-6-22)16(14)9-18(25-20)26-21-24-10-13(2)31-21/h3,5,8-10,15,17H,1,4,6-7,11-12H2,2H3,(H,24,25,26)/t15-,17+/m0/s1. The summed E-state index contributed by atoms with van der Waals surface area (Å²) in [5.41, 5.74) is 0.793. The number of thiazole rings is 1. The van der Waals surface area contributed by atoms with E-state index in [-0.39, 0.29) is 24.9 Å². The van der Waals surface area contributed by atoms with Gasteiger partial charge in [-0.1, -0.05) is 6.58 Å². The SMILES string of the molecule is C=CC(=O)N1C[C@H](F)[C@H](Oc2nc(Nc3ncc(C)s3)cc3c2ccn3CCCF)C1. The highest BCUT2D eigenvalue weighted by Gasteiger charge is 2.37. The molecular formula is C21H23F2N5O2S. The summed E-state index contributed by atoms with van der Waals surface area (Å²) in [5.74, 6) is 0.413. The van der Waals surface area contributed by atoms with Gasteiger partial charge < -0.3 is 19.5 Å². The number of rotatable bonds is 8. The van der Waals surface area contributed by atoms with E-state index in [1.54, 1.807) is 6.20 Å². The van der Waals surface area contributed by atoms with Gasteiger partial charge in [-0.05, 0) is 25.5 Å². The minimum atomic E-state index is -1.34. The summed E-state index contributed by atoms with van der Waals surface area (Å²) < 4.78 is 35.2. The molecule has 7 nitrogen and oxygen atoms in total. The lowest BCUT2D eigenvalue weighted by molar-refractivity contribution is -0.125. The number of carbonyl (C=O) groups excluding carboxylic acids is 1. The second-order valence-electron chi connectivity index (χ2n) is 7.32. The van der Waals surface area contributed by atoms with Crippen molar-refractivity contribution in [3.63, 3.8) is 0 Å². The quantitative estimate of drug-likeness (QED) is 0.528. The van der Waals surface area contributed by atoms with Gasteiger partial charge in [-0.3, -0.25) is 9.18 Å². The molecule has 164 valence electrons. The van der Waals surface area contributed by atoms with Crippen molar-refractivity contribution in [3.8, 4) is 5.88 Å². The van der Waals surface area contributed by atoms with Crippen LogP contribution >= 0.6 is 11.3 Å². The highest BCUT2D eigenvalue weighted by molar-refractivity contribution is 7.15. The monoisotopic (exact) mass is 447 g/mol. The molecule has 0 aliphatic carbocycles. The molecule has 1 aliphatic heterocycles. The summed E-state index contributed by atoms with van der Waals surface area (Å²) in [7, 11) is 0. The molecule has 3 aromatic heterocycles. The van der Waals surface area contributed by atoms with Gasteiger partial charge in [0, 0.05) is 29.9 Å². The number of hydrogen-bond acceptors (Lipinski definition) is 6. The minimum Gasteiger partial charge on any atom is -0.469 e. The largest absolute Gasteiger partial charge is 0.469 e. The maximum Gasteiger partial charge on any atom is 0.246 e. The van der Waals surface area contributed by atoms with E-state index in [9.17, 15) is 13.6 Å². The molecule has 1 aliphatic rings. The normalized spacial score (nSPS) is 18.5. The fourth-order valence-corrected chi connectivity index (χ4v) is 4.23. The molecule has 10 heteroatoms. The van der Waals surface area contributed by atoms with Crippen molar-refractivity contribution in [2.24, 2.45) is 0 Å². The maximum absolute atomic E-state index is 14.6. The first-order valence-electron chi connectivity index (χ1n) is 9.96. The van der Waals surface area contributed by atoms with Gasteiger partial charge >= 0.3 is 0 Å². The van der Waals surface area contributed by atoms with E-state index >= 15 is 0 Å². The number of nitrogens with zero attached hydrogens (tertiary/aromatic N) is 4. The molecule has 4 rings (SSSR count). The zero-order valence-electron chi connectivity index (χ0n) is 17.1. The van der Waals surface area contributed by atoms with Crippen molar-refractivity contribution in [1.82, 2.24) is 19.4 Å². The Kier molecular flexibility index (Phi) is 6.17. The number of aromatic nitrogens is 3. The van der Waals surface area contributed by atoms with Crippen LogP contribution in [0.15, 0.2) is 37.2 Å². The Labute approximate surface area is 182 Å². The summed E-state index contributed by atoms with van der Waals surface area (Å²) >= 11 is 1.48. The number of hydrogen-bond donors (Lipinski definition) is 1. The molecule has 31 heavy (non-hydrogen) atoms. The summed E-state index contributed by atoms with van der Waals surface area (Å²) in [4.78, 5) is 23.1. The minimum absolute atomic E-state index is 0.0491. The molecule has 2 atom stereocenters. The molecule has 1 fully saturated rings. The Morgan fingerprint density at radius 2 is 2.32 bits per heavy atom. The molecule has 0 aromatic carbocycles. The van der Waals surface area contributed by atoms with Gasteiger partial charge in [-0.2, -0.15) is 4.98 Å². The zero-order valence-corrected chi connectivity index (χ0v) is 17.9. The highest BCUT2D eigenvalue weighted by Crippen LogP contribution is 2.32. The van der Waals surface area contributed by atoms with Crippen LogP contribution in [0.25, 0.3) is 10.9 Å². The maximum atomic E-state index is 14.6. The van der Waals surface area contributed by atoms with Crippen LogP contribution in [-0.4, -0.2) is 57.4 Å². The lowest BCUT2D eigenvalue weighted by Gasteiger charge is -2.17. The van der Waals surface area contributed by atoms with Crippen molar-refractivity contribution >= 4 is 39.1 Å². The zero-order chi connectivity index (χ0) is 22.0. The Morgan fingerprint density at radius 3 is 3.03 bits per heavy atom. The number of halogens is 2. The van der Waals surface area contributed by atoms with Gasteiger partial charge in [0.1, 0.15) is 5.82 Å². The third-order valence-electron chi connectivity index (χ3n) is 5.07. The second-order valence-corrected chi connectivity index (χ2v) is 8.55. The van der Waals surface area contributed by atoms with E-state index < -0.39 is 19.0 Å². The smallest absolute Gasteiger partial charge is 0.246 e. The Balaban J connectivity index is 1.66. The Morgan fingerprint density at radius 1 is 1.48 bits per heavy atom. The molecule has 0 radical (unpaired) electrons. The number of alkyl halides is 2. The molecule has 0 unspecified atom stereocenters. The molecule has 0 saturated carbocycles. The van der Waals surface area contributed by atoms with Crippen LogP contribution in [0.3, 0.4) is 0 Å². The first kappa shape index (κ1) is 21.2. The molecule has 0 bridgehead atoms. The first-order valence-corrected chi connectivity index (χ1v) is 10.8. The van der Waals surface area contributed by atoms with Crippen molar-refractivity contribution in [1.29, 1.82) is 0 Å². The highest BCUT2D eigenvalue weighted by atomic mass is 32.1. The lowest BCUT2D eigenvalue weighted by atomic mass is 10.2. The van der Waals surface area contributed by atoms with Crippen LogP contribution in [0.5, 0.6) is 5.88 Å². The summed E-state index contributed by atoms with van der Waals surface area (Å²) in [6.07, 6.45) is 2.95. The van der Waals surface area contributed by atoms with E-state index in [1.165, 1.54) is 16.2 Å². The predicted octanol–water partition coefficient (Wildman–Crippen LogP) is 4.02. The Hall–Kier alpha value is -3.01. The fourth-order valence-electron chi connectivity index (χ4n) is 3.56. The third kappa shape index (κ3) is 4.53. The summed E-state index contributed by atoms with van der Waals surface area (Å²) in [6, 6.07) is 3.66. The number of aryl methyl sites for hydroxylation is 2. The van der Waals surface area contributed by atoms with Crippen LogP contribution in [0.1, 0.15) is 11.3 Å². The molecule has 0 spiro atoms. The van der Waals surface area contributed by atoms with Gasteiger partial charge in [-0.25, -0.2) is 9.37 Å².